The number of nitrogens with zero attached hydrogens (tertiary/aromatic N) is 1. The minimum Gasteiger partial charge on any atom is -0.481 e. The second-order valence-electron chi connectivity index (χ2n) is 5.59. The van der Waals surface area contributed by atoms with Crippen LogP contribution >= 0.6 is 0 Å². The Kier molecular flexibility index (Phi) is 7.36. The fourth-order valence-corrected chi connectivity index (χ4v) is 2.07. The summed E-state index contributed by atoms with van der Waals surface area (Å²) in [5, 5.41) is 14.1. The van der Waals surface area contributed by atoms with Crippen LogP contribution in [-0.2, 0) is 4.79 Å². The number of carbonyl (C=O) groups excluding carboxylic acids is 1. The van der Waals surface area contributed by atoms with Crippen LogP contribution in [0.25, 0.3) is 0 Å². The van der Waals surface area contributed by atoms with E-state index in [4.69, 9.17) is 5.11 Å². The number of carboxylic acids is 1. The number of carbonyl (C=O) groups is 2. The smallest absolute Gasteiger partial charge is 0.314 e. The van der Waals surface area contributed by atoms with Crippen molar-refractivity contribution in [1.29, 1.82) is 0 Å². The van der Waals surface area contributed by atoms with E-state index < -0.39 is 5.97 Å². The summed E-state index contributed by atoms with van der Waals surface area (Å²) in [6.07, 6.45) is 5.05. The van der Waals surface area contributed by atoms with Gasteiger partial charge in [-0.2, -0.15) is 0 Å². The SMILES string of the molecule is CC(CNC(=O)NCCCCCC(=O)O)N(C)C1CC1. The van der Waals surface area contributed by atoms with Crippen molar-refractivity contribution in [1.82, 2.24) is 15.5 Å². The van der Waals surface area contributed by atoms with Gasteiger partial charge >= 0.3 is 12.0 Å². The summed E-state index contributed by atoms with van der Waals surface area (Å²) in [7, 11) is 2.10. The number of aliphatic carboxylic acids is 1. The molecule has 6 nitrogen and oxygen atoms in total. The molecule has 6 heteroatoms. The summed E-state index contributed by atoms with van der Waals surface area (Å²) in [5.74, 6) is -0.760. The largest absolute Gasteiger partial charge is 0.481 e. The molecule has 1 saturated carbocycles. The number of hydrogen-bond acceptors (Lipinski definition) is 3. The van der Waals surface area contributed by atoms with Gasteiger partial charge in [-0.1, -0.05) is 6.42 Å². The first-order valence-corrected chi connectivity index (χ1v) is 7.46. The van der Waals surface area contributed by atoms with Crippen molar-refractivity contribution < 1.29 is 14.7 Å². The molecule has 0 spiro atoms. The molecule has 0 aromatic rings. The number of rotatable bonds is 10. The highest BCUT2D eigenvalue weighted by Crippen LogP contribution is 2.26. The van der Waals surface area contributed by atoms with Gasteiger partial charge in [0.1, 0.15) is 0 Å². The van der Waals surface area contributed by atoms with E-state index in [9.17, 15) is 9.59 Å². The molecule has 1 rings (SSSR count). The topological polar surface area (TPSA) is 81.7 Å². The normalized spacial score (nSPS) is 15.9. The Labute approximate surface area is 120 Å². The van der Waals surface area contributed by atoms with Gasteiger partial charge in [0.2, 0.25) is 0 Å². The third kappa shape index (κ3) is 7.33. The van der Waals surface area contributed by atoms with E-state index >= 15 is 0 Å². The zero-order chi connectivity index (χ0) is 15.0. The second kappa shape index (κ2) is 8.79. The maximum Gasteiger partial charge on any atom is 0.314 e. The molecule has 1 unspecified atom stereocenters. The Morgan fingerprint density at radius 3 is 2.55 bits per heavy atom. The summed E-state index contributed by atoms with van der Waals surface area (Å²) in [4.78, 5) is 24.2. The molecule has 1 atom stereocenters. The van der Waals surface area contributed by atoms with Gasteiger partial charge in [0, 0.05) is 31.6 Å². The van der Waals surface area contributed by atoms with Gasteiger partial charge in [0.25, 0.3) is 0 Å². The van der Waals surface area contributed by atoms with Crippen molar-refractivity contribution in [3.05, 3.63) is 0 Å². The summed E-state index contributed by atoms with van der Waals surface area (Å²) in [5.41, 5.74) is 0. The first-order chi connectivity index (χ1) is 9.50. The van der Waals surface area contributed by atoms with Gasteiger partial charge in [0.05, 0.1) is 0 Å². The molecule has 20 heavy (non-hydrogen) atoms. The average molecular weight is 285 g/mol. The van der Waals surface area contributed by atoms with Crippen LogP contribution in [0.4, 0.5) is 4.79 Å². The molecule has 1 fully saturated rings. The molecule has 0 aliphatic heterocycles. The minimum absolute atomic E-state index is 0.140. The number of hydrogen-bond donors (Lipinski definition) is 3. The zero-order valence-electron chi connectivity index (χ0n) is 12.5. The predicted octanol–water partition coefficient (Wildman–Crippen LogP) is 1.41. The van der Waals surface area contributed by atoms with Gasteiger partial charge in [-0.05, 0) is 39.7 Å². The molecule has 0 aromatic heterocycles. The Morgan fingerprint density at radius 2 is 1.95 bits per heavy atom. The monoisotopic (exact) mass is 285 g/mol. The molecular formula is C14H27N3O3. The number of carboxylic acid groups (broad SMARTS) is 1. The lowest BCUT2D eigenvalue weighted by molar-refractivity contribution is -0.137. The maximum atomic E-state index is 11.6. The molecule has 1 aliphatic carbocycles. The maximum absolute atomic E-state index is 11.6. The molecular weight excluding hydrogens is 258 g/mol. The number of amides is 2. The number of urea groups is 1. The van der Waals surface area contributed by atoms with Crippen LogP contribution in [0, 0.1) is 0 Å². The molecule has 0 saturated heterocycles. The molecule has 3 N–H and O–H groups in total. The van der Waals surface area contributed by atoms with Crippen LogP contribution in [0.3, 0.4) is 0 Å². The van der Waals surface area contributed by atoms with Crippen LogP contribution in [-0.4, -0.2) is 54.2 Å². The lowest BCUT2D eigenvalue weighted by atomic mass is 10.2. The van der Waals surface area contributed by atoms with Crippen molar-refractivity contribution >= 4 is 12.0 Å². The van der Waals surface area contributed by atoms with Crippen molar-refractivity contribution in [3.63, 3.8) is 0 Å². The van der Waals surface area contributed by atoms with Gasteiger partial charge < -0.3 is 15.7 Å². The van der Waals surface area contributed by atoms with E-state index in [0.717, 1.165) is 12.8 Å². The third-order valence-electron chi connectivity index (χ3n) is 3.73. The average Bonchev–Trinajstić information content (AvgIpc) is 3.23. The van der Waals surface area contributed by atoms with Crippen LogP contribution < -0.4 is 10.6 Å². The molecule has 1 aliphatic rings. The lowest BCUT2D eigenvalue weighted by Crippen LogP contribution is -2.44. The Hall–Kier alpha value is -1.30. The Bertz CT molecular complexity index is 319. The molecule has 0 aromatic carbocycles. The third-order valence-corrected chi connectivity index (χ3v) is 3.73. The summed E-state index contributed by atoms with van der Waals surface area (Å²) < 4.78 is 0. The summed E-state index contributed by atoms with van der Waals surface area (Å²) in [6, 6.07) is 0.909. The highest BCUT2D eigenvalue weighted by atomic mass is 16.4. The fourth-order valence-electron chi connectivity index (χ4n) is 2.07. The van der Waals surface area contributed by atoms with E-state index in [-0.39, 0.29) is 12.5 Å². The van der Waals surface area contributed by atoms with Crippen molar-refractivity contribution in [2.24, 2.45) is 0 Å². The quantitative estimate of drug-likeness (QED) is 0.530. The van der Waals surface area contributed by atoms with Crippen LogP contribution in [0.15, 0.2) is 0 Å². The van der Waals surface area contributed by atoms with Crippen molar-refractivity contribution in [2.45, 2.75) is 57.5 Å². The first-order valence-electron chi connectivity index (χ1n) is 7.46. The molecule has 116 valence electrons. The number of likely N-dealkylation sites (N-methyl/N-ethyl adjacent to an activating group) is 1. The fraction of sp³-hybridized carbons (Fsp3) is 0.857. The summed E-state index contributed by atoms with van der Waals surface area (Å²) in [6.45, 7) is 3.36. The molecule has 2 amide bonds. The Morgan fingerprint density at radius 1 is 1.25 bits per heavy atom. The summed E-state index contributed by atoms with van der Waals surface area (Å²) >= 11 is 0. The molecule has 0 bridgehead atoms. The van der Waals surface area contributed by atoms with Crippen molar-refractivity contribution in [3.8, 4) is 0 Å². The highest BCUT2D eigenvalue weighted by Gasteiger charge is 2.28. The predicted molar refractivity (Wildman–Crippen MR) is 77.8 cm³/mol. The standard InChI is InChI=1S/C14H27N3O3/c1-11(17(2)12-7-8-12)10-16-14(20)15-9-5-3-4-6-13(18)19/h11-12H,3-10H2,1-2H3,(H,18,19)(H2,15,16,20). The number of nitrogens with one attached hydrogen (secondary N) is 2. The van der Waals surface area contributed by atoms with Gasteiger partial charge in [-0.25, -0.2) is 4.79 Å². The van der Waals surface area contributed by atoms with Crippen LogP contribution in [0.2, 0.25) is 0 Å². The zero-order valence-corrected chi connectivity index (χ0v) is 12.5. The van der Waals surface area contributed by atoms with E-state index in [1.165, 1.54) is 12.8 Å². The van der Waals surface area contributed by atoms with Gasteiger partial charge in [-0.15, -0.1) is 0 Å². The van der Waals surface area contributed by atoms with Gasteiger partial charge in [0.15, 0.2) is 0 Å². The molecule has 0 radical (unpaired) electrons. The highest BCUT2D eigenvalue weighted by molar-refractivity contribution is 5.73. The van der Waals surface area contributed by atoms with Gasteiger partial charge in [-0.3, -0.25) is 9.69 Å². The van der Waals surface area contributed by atoms with E-state index in [0.29, 0.717) is 31.6 Å². The number of unbranched alkanes of at least 4 members (excludes halogenated alkanes) is 2. The molecule has 0 heterocycles. The van der Waals surface area contributed by atoms with E-state index in [2.05, 4.69) is 29.5 Å². The van der Waals surface area contributed by atoms with E-state index in [1.807, 2.05) is 0 Å². The lowest BCUT2D eigenvalue weighted by Gasteiger charge is -2.24. The van der Waals surface area contributed by atoms with E-state index in [1.54, 1.807) is 0 Å². The Balaban J connectivity index is 1.95. The minimum atomic E-state index is -0.760. The van der Waals surface area contributed by atoms with Crippen molar-refractivity contribution in [2.75, 3.05) is 20.1 Å². The van der Waals surface area contributed by atoms with Crippen LogP contribution in [0.5, 0.6) is 0 Å². The second-order valence-corrected chi connectivity index (χ2v) is 5.59. The first kappa shape index (κ1) is 16.8. The van der Waals surface area contributed by atoms with Crippen LogP contribution in [0.1, 0.15) is 45.4 Å².